The molecule has 1 aromatic carbocycles. The van der Waals surface area contributed by atoms with Crippen LogP contribution in [0.5, 0.6) is 0 Å². The van der Waals surface area contributed by atoms with Crippen LogP contribution < -0.4 is 5.32 Å². The van der Waals surface area contributed by atoms with Crippen molar-refractivity contribution in [3.8, 4) is 0 Å². The monoisotopic (exact) mass is 299 g/mol. The lowest BCUT2D eigenvalue weighted by molar-refractivity contribution is 0.238. The summed E-state index contributed by atoms with van der Waals surface area (Å²) >= 11 is 0. The number of hydrogen-bond donors (Lipinski definition) is 1. The Balaban J connectivity index is 1.77. The number of aromatic nitrogens is 1. The fourth-order valence-corrected chi connectivity index (χ4v) is 3.76. The Morgan fingerprint density at radius 1 is 1.09 bits per heavy atom. The first-order valence-electron chi connectivity index (χ1n) is 8.71. The van der Waals surface area contributed by atoms with Crippen LogP contribution in [-0.4, -0.2) is 42.2 Å². The van der Waals surface area contributed by atoms with Gasteiger partial charge in [-0.1, -0.05) is 12.1 Å². The van der Waals surface area contributed by atoms with E-state index in [-0.39, 0.29) is 0 Å². The van der Waals surface area contributed by atoms with E-state index < -0.39 is 0 Å². The average Bonchev–Trinajstić information content (AvgIpc) is 2.92. The number of nitrogens with one attached hydrogen (secondary N) is 1. The molecule has 1 aromatic heterocycles. The van der Waals surface area contributed by atoms with Crippen molar-refractivity contribution < 1.29 is 0 Å². The molecular weight excluding hydrogens is 270 g/mol. The van der Waals surface area contributed by atoms with Gasteiger partial charge in [0.15, 0.2) is 0 Å². The van der Waals surface area contributed by atoms with Gasteiger partial charge >= 0.3 is 0 Å². The molecule has 0 spiro atoms. The van der Waals surface area contributed by atoms with Crippen LogP contribution in [0.3, 0.4) is 0 Å². The van der Waals surface area contributed by atoms with Crippen molar-refractivity contribution in [1.82, 2.24) is 14.8 Å². The Labute approximate surface area is 134 Å². The summed E-state index contributed by atoms with van der Waals surface area (Å²) in [5.74, 6) is 0. The summed E-state index contributed by atoms with van der Waals surface area (Å²) in [7, 11) is 0. The molecule has 0 amide bonds. The van der Waals surface area contributed by atoms with Gasteiger partial charge in [0.1, 0.15) is 0 Å². The first kappa shape index (κ1) is 15.6. The molecule has 2 heterocycles. The molecular formula is C19H29N3. The Morgan fingerprint density at radius 3 is 2.55 bits per heavy atom. The molecule has 0 radical (unpaired) electrons. The van der Waals surface area contributed by atoms with E-state index in [1.807, 2.05) is 0 Å². The lowest BCUT2D eigenvalue weighted by atomic mass is 10.0. The van der Waals surface area contributed by atoms with Gasteiger partial charge in [0.25, 0.3) is 0 Å². The largest absolute Gasteiger partial charge is 0.347 e. The van der Waals surface area contributed by atoms with Crippen LogP contribution in [-0.2, 0) is 13.0 Å². The van der Waals surface area contributed by atoms with Crippen LogP contribution in [0.1, 0.15) is 30.0 Å². The summed E-state index contributed by atoms with van der Waals surface area (Å²) in [6.45, 7) is 13.7. The third kappa shape index (κ3) is 3.06. The van der Waals surface area contributed by atoms with E-state index in [9.17, 15) is 0 Å². The minimum absolute atomic E-state index is 1.05. The summed E-state index contributed by atoms with van der Waals surface area (Å²) in [5.41, 5.74) is 5.80. The first-order chi connectivity index (χ1) is 10.7. The zero-order chi connectivity index (χ0) is 15.5. The summed E-state index contributed by atoms with van der Waals surface area (Å²) in [5, 5.41) is 4.93. The van der Waals surface area contributed by atoms with Crippen molar-refractivity contribution in [1.29, 1.82) is 0 Å². The average molecular weight is 299 g/mol. The number of rotatable bonds is 5. The Kier molecular flexibility index (Phi) is 4.84. The maximum atomic E-state index is 3.43. The predicted octanol–water partition coefficient (Wildman–Crippen LogP) is 3.12. The minimum Gasteiger partial charge on any atom is -0.347 e. The Hall–Kier alpha value is -1.32. The highest BCUT2D eigenvalue weighted by molar-refractivity contribution is 5.89. The molecule has 3 rings (SSSR count). The number of piperazine rings is 1. The smallest absolute Gasteiger partial charge is 0.0515 e. The predicted molar refractivity (Wildman–Crippen MR) is 94.7 cm³/mol. The topological polar surface area (TPSA) is 20.2 Å². The molecule has 1 aliphatic heterocycles. The van der Waals surface area contributed by atoms with Gasteiger partial charge < -0.3 is 14.8 Å². The van der Waals surface area contributed by atoms with Crippen LogP contribution in [0.4, 0.5) is 0 Å². The molecule has 0 unspecified atom stereocenters. The van der Waals surface area contributed by atoms with Crippen molar-refractivity contribution in [3.63, 3.8) is 0 Å². The van der Waals surface area contributed by atoms with Crippen LogP contribution in [0.25, 0.3) is 10.9 Å². The van der Waals surface area contributed by atoms with E-state index in [2.05, 4.69) is 53.9 Å². The normalized spacial score (nSPS) is 16.5. The van der Waals surface area contributed by atoms with E-state index in [0.717, 1.165) is 19.6 Å². The lowest BCUT2D eigenvalue weighted by Crippen LogP contribution is -2.43. The molecule has 3 nitrogen and oxygen atoms in total. The molecule has 3 heteroatoms. The van der Waals surface area contributed by atoms with E-state index in [4.69, 9.17) is 0 Å². The lowest BCUT2D eigenvalue weighted by Gasteiger charge is -2.27. The summed E-state index contributed by atoms with van der Waals surface area (Å²) < 4.78 is 2.43. The van der Waals surface area contributed by atoms with Gasteiger partial charge in [0.2, 0.25) is 0 Å². The standard InChI is InChI=1S/C19H29N3/c1-4-22-14-17(6-5-11-21-12-9-20-10-13-21)18-15(2)7-8-16(3)19(18)22/h7-8,14,20H,4-6,9-13H2,1-3H3. The number of hydrogen-bond acceptors (Lipinski definition) is 2. The SMILES string of the molecule is CCn1cc(CCCN2CCNCC2)c2c(C)ccc(C)c21. The highest BCUT2D eigenvalue weighted by Crippen LogP contribution is 2.28. The zero-order valence-corrected chi connectivity index (χ0v) is 14.3. The molecule has 0 bridgehead atoms. The molecule has 1 aliphatic rings. The number of benzene rings is 1. The molecule has 0 saturated carbocycles. The van der Waals surface area contributed by atoms with Gasteiger partial charge in [-0.2, -0.15) is 0 Å². The zero-order valence-electron chi connectivity index (χ0n) is 14.3. The fraction of sp³-hybridized carbons (Fsp3) is 0.579. The highest BCUT2D eigenvalue weighted by Gasteiger charge is 2.13. The summed E-state index contributed by atoms with van der Waals surface area (Å²) in [4.78, 5) is 2.59. The maximum Gasteiger partial charge on any atom is 0.0515 e. The summed E-state index contributed by atoms with van der Waals surface area (Å²) in [6.07, 6.45) is 4.84. The maximum absolute atomic E-state index is 3.43. The van der Waals surface area contributed by atoms with Crippen molar-refractivity contribution in [3.05, 3.63) is 35.0 Å². The summed E-state index contributed by atoms with van der Waals surface area (Å²) in [6, 6.07) is 4.53. The second kappa shape index (κ2) is 6.84. The van der Waals surface area contributed by atoms with E-state index >= 15 is 0 Å². The molecule has 22 heavy (non-hydrogen) atoms. The molecule has 1 saturated heterocycles. The molecule has 2 aromatic rings. The quantitative estimate of drug-likeness (QED) is 0.915. The Morgan fingerprint density at radius 2 is 1.82 bits per heavy atom. The molecule has 120 valence electrons. The second-order valence-corrected chi connectivity index (χ2v) is 6.56. The number of fused-ring (bicyclic) bond motifs is 1. The van der Waals surface area contributed by atoms with Crippen LogP contribution in [0.15, 0.2) is 18.3 Å². The van der Waals surface area contributed by atoms with Crippen molar-refractivity contribution in [2.24, 2.45) is 0 Å². The van der Waals surface area contributed by atoms with Crippen LogP contribution in [0.2, 0.25) is 0 Å². The number of nitrogens with zero attached hydrogens (tertiary/aromatic N) is 2. The third-order valence-electron chi connectivity index (χ3n) is 4.98. The molecule has 0 atom stereocenters. The first-order valence-corrected chi connectivity index (χ1v) is 8.71. The number of aryl methyl sites for hydroxylation is 4. The second-order valence-electron chi connectivity index (χ2n) is 6.56. The van der Waals surface area contributed by atoms with Crippen molar-refractivity contribution in [2.75, 3.05) is 32.7 Å². The molecule has 0 aliphatic carbocycles. The Bertz CT molecular complexity index is 636. The van der Waals surface area contributed by atoms with E-state index in [1.165, 1.54) is 60.1 Å². The van der Waals surface area contributed by atoms with Gasteiger partial charge in [-0.15, -0.1) is 0 Å². The third-order valence-corrected chi connectivity index (χ3v) is 4.98. The van der Waals surface area contributed by atoms with Gasteiger partial charge in [0.05, 0.1) is 5.52 Å². The van der Waals surface area contributed by atoms with Crippen molar-refractivity contribution in [2.45, 2.75) is 40.2 Å². The molecule has 1 fully saturated rings. The fourth-order valence-electron chi connectivity index (χ4n) is 3.76. The van der Waals surface area contributed by atoms with E-state index in [1.54, 1.807) is 0 Å². The van der Waals surface area contributed by atoms with Gasteiger partial charge in [0, 0.05) is 44.3 Å². The minimum atomic E-state index is 1.05. The van der Waals surface area contributed by atoms with Crippen LogP contribution >= 0.6 is 0 Å². The van der Waals surface area contributed by atoms with Crippen LogP contribution in [0, 0.1) is 13.8 Å². The van der Waals surface area contributed by atoms with Crippen molar-refractivity contribution >= 4 is 10.9 Å². The van der Waals surface area contributed by atoms with Gasteiger partial charge in [-0.05, 0) is 56.8 Å². The molecule has 1 N–H and O–H groups in total. The van der Waals surface area contributed by atoms with Gasteiger partial charge in [-0.25, -0.2) is 0 Å². The highest BCUT2D eigenvalue weighted by atomic mass is 15.2. The van der Waals surface area contributed by atoms with Gasteiger partial charge in [-0.3, -0.25) is 0 Å². The van der Waals surface area contributed by atoms with E-state index in [0.29, 0.717) is 0 Å².